The number of hydrogen-bond donors (Lipinski definition) is 0. The van der Waals surface area contributed by atoms with E-state index in [0.29, 0.717) is 17.1 Å². The van der Waals surface area contributed by atoms with Gasteiger partial charge in [0.2, 0.25) is 0 Å². The first kappa shape index (κ1) is 21.9. The summed E-state index contributed by atoms with van der Waals surface area (Å²) in [6, 6.07) is 0. The van der Waals surface area contributed by atoms with Crippen molar-refractivity contribution >= 4 is 5.78 Å². The van der Waals surface area contributed by atoms with Crippen LogP contribution in [0.1, 0.15) is 105 Å². The fraction of sp³-hybridized carbons (Fsp3) is 0.889. The van der Waals surface area contributed by atoms with Crippen LogP contribution in [0.15, 0.2) is 0 Å². The van der Waals surface area contributed by atoms with Crippen LogP contribution in [0.2, 0.25) is 0 Å². The molecule has 1 heteroatoms. The van der Waals surface area contributed by atoms with Crippen LogP contribution in [-0.4, -0.2) is 5.78 Å². The second kappa shape index (κ2) is 8.53. The molecular formula is C27H44O. The molecule has 7 atom stereocenters. The van der Waals surface area contributed by atoms with Gasteiger partial charge in [-0.2, -0.15) is 0 Å². The van der Waals surface area contributed by atoms with E-state index in [1.807, 2.05) is 0 Å². The number of rotatable bonds is 7. The summed E-state index contributed by atoms with van der Waals surface area (Å²) in [5, 5.41) is 0. The Morgan fingerprint density at radius 2 is 1.82 bits per heavy atom. The summed E-state index contributed by atoms with van der Waals surface area (Å²) in [7, 11) is 0. The van der Waals surface area contributed by atoms with Crippen LogP contribution in [-0.2, 0) is 4.79 Å². The molecule has 0 aromatic rings. The van der Waals surface area contributed by atoms with Crippen LogP contribution in [0.25, 0.3) is 0 Å². The quantitative estimate of drug-likeness (QED) is 0.421. The van der Waals surface area contributed by atoms with Crippen LogP contribution < -0.4 is 0 Å². The molecule has 3 aliphatic carbocycles. The number of terminal acetylenes is 1. The van der Waals surface area contributed by atoms with Gasteiger partial charge in [-0.1, -0.05) is 53.9 Å². The second-order valence-electron chi connectivity index (χ2n) is 11.5. The first-order valence-electron chi connectivity index (χ1n) is 12.2. The zero-order valence-corrected chi connectivity index (χ0v) is 19.2. The molecule has 0 spiro atoms. The molecule has 3 rings (SSSR count). The lowest BCUT2D eigenvalue weighted by molar-refractivity contribution is -0.146. The number of fused-ring (bicyclic) bond motifs is 3. The normalized spacial score (nSPS) is 41.4. The zero-order chi connectivity index (χ0) is 20.5. The van der Waals surface area contributed by atoms with E-state index >= 15 is 0 Å². The molecule has 3 saturated carbocycles. The van der Waals surface area contributed by atoms with E-state index in [1.54, 1.807) is 0 Å². The minimum Gasteiger partial charge on any atom is -0.299 e. The summed E-state index contributed by atoms with van der Waals surface area (Å²) in [5.41, 5.74) is 0.351. The highest BCUT2D eigenvalue weighted by Gasteiger charge is 2.59. The minimum atomic E-state index is -0.155. The number of carbonyl (C=O) groups excluding carboxylic acids is 1. The predicted octanol–water partition coefficient (Wildman–Crippen LogP) is 7.29. The van der Waals surface area contributed by atoms with Crippen molar-refractivity contribution in [1.29, 1.82) is 0 Å². The molecule has 0 unspecified atom stereocenters. The molecule has 28 heavy (non-hydrogen) atoms. The van der Waals surface area contributed by atoms with E-state index in [0.717, 1.165) is 55.3 Å². The van der Waals surface area contributed by atoms with E-state index in [4.69, 9.17) is 6.42 Å². The van der Waals surface area contributed by atoms with Gasteiger partial charge < -0.3 is 0 Å². The first-order valence-corrected chi connectivity index (χ1v) is 12.2. The summed E-state index contributed by atoms with van der Waals surface area (Å²) in [4.78, 5) is 12.9. The topological polar surface area (TPSA) is 17.1 Å². The maximum absolute atomic E-state index is 12.9. The molecule has 0 aromatic heterocycles. The zero-order valence-electron chi connectivity index (χ0n) is 19.2. The Labute approximate surface area is 174 Å². The molecule has 0 amide bonds. The Bertz CT molecular complexity index is 598. The number of Topliss-reactive ketones (excluding diaryl/α,β-unsaturated/α-hetero) is 1. The minimum absolute atomic E-state index is 0.155. The van der Waals surface area contributed by atoms with Gasteiger partial charge in [-0.3, -0.25) is 4.79 Å². The number of ketones is 1. The van der Waals surface area contributed by atoms with Crippen LogP contribution >= 0.6 is 0 Å². The van der Waals surface area contributed by atoms with E-state index < -0.39 is 0 Å². The molecule has 158 valence electrons. The lowest BCUT2D eigenvalue weighted by atomic mass is 9.48. The maximum atomic E-state index is 12.9. The van der Waals surface area contributed by atoms with E-state index in [-0.39, 0.29) is 5.41 Å². The second-order valence-corrected chi connectivity index (χ2v) is 11.5. The average Bonchev–Trinajstić information content (AvgIpc) is 3.00. The lowest BCUT2D eigenvalue weighted by Gasteiger charge is -2.56. The summed E-state index contributed by atoms with van der Waals surface area (Å²) in [5.74, 6) is 8.05. The Hall–Kier alpha value is -0.770. The molecule has 0 aromatic carbocycles. The van der Waals surface area contributed by atoms with Crippen LogP contribution in [0.5, 0.6) is 0 Å². The monoisotopic (exact) mass is 384 g/mol. The third kappa shape index (κ3) is 3.82. The van der Waals surface area contributed by atoms with Crippen molar-refractivity contribution in [1.82, 2.24) is 0 Å². The van der Waals surface area contributed by atoms with Gasteiger partial charge in [-0.25, -0.2) is 0 Å². The van der Waals surface area contributed by atoms with Gasteiger partial charge in [0.25, 0.3) is 0 Å². The van der Waals surface area contributed by atoms with Gasteiger partial charge >= 0.3 is 0 Å². The third-order valence-electron chi connectivity index (χ3n) is 9.59. The van der Waals surface area contributed by atoms with Crippen LogP contribution in [0.3, 0.4) is 0 Å². The number of hydrogen-bond acceptors (Lipinski definition) is 1. The maximum Gasteiger partial charge on any atom is 0.139 e. The van der Waals surface area contributed by atoms with Gasteiger partial charge in [0, 0.05) is 18.3 Å². The Kier molecular flexibility index (Phi) is 6.68. The van der Waals surface area contributed by atoms with Crippen molar-refractivity contribution in [3.8, 4) is 12.3 Å². The SMILES string of the molecule is C#CCC[C@@]1(C)C(=O)CC[C@H]2[C@@H]3CC[C@H]([C@H](C)CCCC(C)C)[C@@]3(C)CC[C@@H]21. The van der Waals surface area contributed by atoms with Crippen molar-refractivity contribution < 1.29 is 4.79 Å². The Morgan fingerprint density at radius 3 is 2.50 bits per heavy atom. The Balaban J connectivity index is 1.73. The standard InChI is InChI=1S/C27H44O/c1-7-8-17-27(6)24-16-18-26(5)22(20(4)11-9-10-19(2)3)13-14-23(26)21(24)12-15-25(27)28/h1,19-24H,8-18H2,2-6H3/t20-,21+,22-,23+,24+,26-,27-/m1/s1. The molecule has 3 fully saturated rings. The predicted molar refractivity (Wildman–Crippen MR) is 119 cm³/mol. The van der Waals surface area contributed by atoms with Crippen LogP contribution in [0, 0.1) is 58.7 Å². The van der Waals surface area contributed by atoms with Gasteiger partial charge in [-0.05, 0) is 79.4 Å². The van der Waals surface area contributed by atoms with Crippen molar-refractivity contribution in [3.05, 3.63) is 0 Å². The third-order valence-corrected chi connectivity index (χ3v) is 9.59. The number of carbonyl (C=O) groups is 1. The molecule has 1 nitrogen and oxygen atoms in total. The van der Waals surface area contributed by atoms with E-state index in [2.05, 4.69) is 40.5 Å². The molecular weight excluding hydrogens is 340 g/mol. The summed E-state index contributed by atoms with van der Waals surface area (Å²) < 4.78 is 0. The lowest BCUT2D eigenvalue weighted by Crippen LogP contribution is -2.52. The van der Waals surface area contributed by atoms with Gasteiger partial charge in [0.1, 0.15) is 5.78 Å². The van der Waals surface area contributed by atoms with Gasteiger partial charge in [0.05, 0.1) is 0 Å². The molecule has 0 N–H and O–H groups in total. The van der Waals surface area contributed by atoms with Crippen molar-refractivity contribution in [2.45, 2.75) is 105 Å². The highest BCUT2D eigenvalue weighted by Crippen LogP contribution is 2.65. The van der Waals surface area contributed by atoms with Gasteiger partial charge in [0.15, 0.2) is 0 Å². The highest BCUT2D eigenvalue weighted by molar-refractivity contribution is 5.85. The molecule has 0 saturated heterocycles. The van der Waals surface area contributed by atoms with Gasteiger partial charge in [-0.15, -0.1) is 12.3 Å². The summed E-state index contributed by atoms with van der Waals surface area (Å²) in [6.07, 6.45) is 18.7. The van der Waals surface area contributed by atoms with E-state index in [1.165, 1.54) is 44.9 Å². The molecule has 0 aliphatic heterocycles. The smallest absolute Gasteiger partial charge is 0.139 e. The van der Waals surface area contributed by atoms with Crippen molar-refractivity contribution in [3.63, 3.8) is 0 Å². The summed E-state index contributed by atoms with van der Waals surface area (Å²) >= 11 is 0. The van der Waals surface area contributed by atoms with Crippen molar-refractivity contribution in [2.75, 3.05) is 0 Å². The Morgan fingerprint density at radius 1 is 1.07 bits per heavy atom. The average molecular weight is 385 g/mol. The largest absolute Gasteiger partial charge is 0.299 e. The fourth-order valence-electron chi connectivity index (χ4n) is 7.95. The van der Waals surface area contributed by atoms with Crippen molar-refractivity contribution in [2.24, 2.45) is 46.3 Å². The molecule has 0 bridgehead atoms. The fourth-order valence-corrected chi connectivity index (χ4v) is 7.95. The highest BCUT2D eigenvalue weighted by atomic mass is 16.1. The first-order chi connectivity index (χ1) is 13.2. The summed E-state index contributed by atoms with van der Waals surface area (Å²) in [6.45, 7) is 12.1. The molecule has 0 heterocycles. The molecule has 0 radical (unpaired) electrons. The molecule has 3 aliphatic rings. The van der Waals surface area contributed by atoms with Crippen LogP contribution in [0.4, 0.5) is 0 Å². The van der Waals surface area contributed by atoms with E-state index in [9.17, 15) is 4.79 Å².